The molecule has 0 amide bonds. The molecule has 2 aromatic carbocycles. The van der Waals surface area contributed by atoms with Gasteiger partial charge in [-0.3, -0.25) is 0 Å². The van der Waals surface area contributed by atoms with Crippen LogP contribution in [0.1, 0.15) is 28.7 Å². The summed E-state index contributed by atoms with van der Waals surface area (Å²) in [5.74, 6) is -0.113. The Balaban J connectivity index is 2.30. The molecule has 0 fully saturated rings. The van der Waals surface area contributed by atoms with Crippen LogP contribution in [0, 0.1) is 6.92 Å². The fourth-order valence-electron chi connectivity index (χ4n) is 2.18. The summed E-state index contributed by atoms with van der Waals surface area (Å²) in [4.78, 5) is 0. The first-order valence-electron chi connectivity index (χ1n) is 6.42. The molecule has 4 heteroatoms. The van der Waals surface area contributed by atoms with Gasteiger partial charge in [0.15, 0.2) is 0 Å². The molecule has 106 valence electrons. The molecule has 0 bridgehead atoms. The van der Waals surface area contributed by atoms with E-state index >= 15 is 0 Å². The maximum Gasteiger partial charge on any atom is 0.0871 e. The lowest BCUT2D eigenvalue weighted by atomic mass is 9.89. The van der Waals surface area contributed by atoms with E-state index in [1.54, 1.807) is 0 Å². The molecule has 0 aromatic heterocycles. The highest BCUT2D eigenvalue weighted by Crippen LogP contribution is 2.32. The van der Waals surface area contributed by atoms with E-state index in [-0.39, 0.29) is 5.92 Å². The summed E-state index contributed by atoms with van der Waals surface area (Å²) in [7, 11) is 0. The van der Waals surface area contributed by atoms with Crippen molar-refractivity contribution in [1.82, 2.24) is 0 Å². The molecule has 0 aliphatic carbocycles. The minimum atomic E-state index is -0.613. The summed E-state index contributed by atoms with van der Waals surface area (Å²) in [5.41, 5.74) is 8.93. The van der Waals surface area contributed by atoms with Crippen LogP contribution >= 0.6 is 31.9 Å². The zero-order valence-corrected chi connectivity index (χ0v) is 14.4. The Hall–Kier alpha value is -0.680. The van der Waals surface area contributed by atoms with Crippen molar-refractivity contribution in [2.75, 3.05) is 6.54 Å². The van der Waals surface area contributed by atoms with Crippen LogP contribution < -0.4 is 5.73 Å². The van der Waals surface area contributed by atoms with Crippen molar-refractivity contribution in [3.8, 4) is 0 Å². The quantitative estimate of drug-likeness (QED) is 0.806. The monoisotopic (exact) mass is 397 g/mol. The van der Waals surface area contributed by atoms with Gasteiger partial charge in [0.2, 0.25) is 0 Å². The molecule has 0 aliphatic heterocycles. The second-order valence-electron chi connectivity index (χ2n) is 4.85. The molecule has 0 radical (unpaired) electrons. The summed E-state index contributed by atoms with van der Waals surface area (Å²) < 4.78 is 2.02. The molecule has 0 saturated carbocycles. The standard InChI is InChI=1S/C16H17Br2NO/c1-10-2-3-12(8-15(10)18)16(20)14(9-19)11-4-6-13(17)7-5-11/h2-8,14,16,20H,9,19H2,1H3. The molecule has 2 nitrogen and oxygen atoms in total. The second kappa shape index (κ2) is 6.85. The Kier molecular flexibility index (Phi) is 5.38. The molecule has 2 rings (SSSR count). The molecule has 0 heterocycles. The Bertz CT molecular complexity index is 584. The van der Waals surface area contributed by atoms with Gasteiger partial charge < -0.3 is 10.8 Å². The van der Waals surface area contributed by atoms with Crippen LogP contribution in [-0.2, 0) is 0 Å². The summed E-state index contributed by atoms with van der Waals surface area (Å²) in [6.45, 7) is 2.42. The van der Waals surface area contributed by atoms with Crippen molar-refractivity contribution < 1.29 is 5.11 Å². The average Bonchev–Trinajstić information content (AvgIpc) is 2.44. The van der Waals surface area contributed by atoms with E-state index in [0.717, 1.165) is 25.6 Å². The molecule has 20 heavy (non-hydrogen) atoms. The molecular formula is C16H17Br2NO. The van der Waals surface area contributed by atoms with Gasteiger partial charge in [-0.25, -0.2) is 0 Å². The van der Waals surface area contributed by atoms with Gasteiger partial charge in [0.25, 0.3) is 0 Å². The number of nitrogens with two attached hydrogens (primary N) is 1. The SMILES string of the molecule is Cc1ccc(C(O)C(CN)c2ccc(Br)cc2)cc1Br. The van der Waals surface area contributed by atoms with Gasteiger partial charge >= 0.3 is 0 Å². The van der Waals surface area contributed by atoms with Gasteiger partial charge in [0.05, 0.1) is 6.10 Å². The maximum absolute atomic E-state index is 10.6. The van der Waals surface area contributed by atoms with E-state index in [0.29, 0.717) is 6.54 Å². The Labute approximate surface area is 136 Å². The van der Waals surface area contributed by atoms with Crippen molar-refractivity contribution >= 4 is 31.9 Å². The van der Waals surface area contributed by atoms with Gasteiger partial charge in [0.1, 0.15) is 0 Å². The topological polar surface area (TPSA) is 46.2 Å². The predicted molar refractivity (Wildman–Crippen MR) is 89.8 cm³/mol. The number of rotatable bonds is 4. The Morgan fingerprint density at radius 1 is 1.05 bits per heavy atom. The smallest absolute Gasteiger partial charge is 0.0871 e. The number of aliphatic hydroxyl groups is 1. The third kappa shape index (κ3) is 3.50. The number of hydrogen-bond donors (Lipinski definition) is 2. The fraction of sp³-hybridized carbons (Fsp3) is 0.250. The molecular weight excluding hydrogens is 382 g/mol. The summed E-state index contributed by atoms with van der Waals surface area (Å²) in [5, 5.41) is 10.6. The van der Waals surface area contributed by atoms with Crippen LogP contribution in [0.15, 0.2) is 51.4 Å². The molecule has 2 aromatic rings. The Morgan fingerprint density at radius 3 is 2.20 bits per heavy atom. The highest BCUT2D eigenvalue weighted by atomic mass is 79.9. The van der Waals surface area contributed by atoms with Crippen molar-refractivity contribution in [2.24, 2.45) is 5.73 Å². The number of halogens is 2. The zero-order chi connectivity index (χ0) is 14.7. The van der Waals surface area contributed by atoms with Crippen molar-refractivity contribution in [3.63, 3.8) is 0 Å². The lowest BCUT2D eigenvalue weighted by Crippen LogP contribution is -2.20. The average molecular weight is 399 g/mol. The van der Waals surface area contributed by atoms with Crippen LogP contribution in [0.3, 0.4) is 0 Å². The molecule has 0 aliphatic rings. The van der Waals surface area contributed by atoms with Crippen LogP contribution in [-0.4, -0.2) is 11.7 Å². The lowest BCUT2D eigenvalue weighted by molar-refractivity contribution is 0.147. The molecule has 2 atom stereocenters. The van der Waals surface area contributed by atoms with E-state index in [1.807, 2.05) is 49.4 Å². The number of hydrogen-bond acceptors (Lipinski definition) is 2. The fourth-order valence-corrected chi connectivity index (χ4v) is 2.84. The minimum absolute atomic E-state index is 0.113. The molecule has 2 unspecified atom stereocenters. The summed E-state index contributed by atoms with van der Waals surface area (Å²) in [6, 6.07) is 13.8. The number of aryl methyl sites for hydroxylation is 1. The first-order valence-corrected chi connectivity index (χ1v) is 8.01. The predicted octanol–water partition coefficient (Wildman–Crippen LogP) is 4.30. The van der Waals surface area contributed by atoms with E-state index in [9.17, 15) is 5.11 Å². The van der Waals surface area contributed by atoms with Crippen molar-refractivity contribution in [3.05, 3.63) is 68.1 Å². The van der Waals surface area contributed by atoms with Gasteiger partial charge in [-0.05, 0) is 41.8 Å². The lowest BCUT2D eigenvalue weighted by Gasteiger charge is -2.23. The van der Waals surface area contributed by atoms with Gasteiger partial charge in [0, 0.05) is 21.4 Å². The van der Waals surface area contributed by atoms with Gasteiger partial charge in [-0.2, -0.15) is 0 Å². The van der Waals surface area contributed by atoms with E-state index < -0.39 is 6.10 Å². The molecule has 0 spiro atoms. The van der Waals surface area contributed by atoms with Crippen LogP contribution in [0.4, 0.5) is 0 Å². The van der Waals surface area contributed by atoms with Crippen LogP contribution in [0.25, 0.3) is 0 Å². The number of aliphatic hydroxyl groups excluding tert-OH is 1. The maximum atomic E-state index is 10.6. The van der Waals surface area contributed by atoms with E-state index in [4.69, 9.17) is 5.73 Å². The highest BCUT2D eigenvalue weighted by molar-refractivity contribution is 9.10. The third-order valence-corrected chi connectivity index (χ3v) is 4.85. The Morgan fingerprint density at radius 2 is 1.65 bits per heavy atom. The van der Waals surface area contributed by atoms with Gasteiger partial charge in [-0.15, -0.1) is 0 Å². The third-order valence-electron chi connectivity index (χ3n) is 3.47. The molecule has 0 saturated heterocycles. The summed E-state index contributed by atoms with van der Waals surface area (Å²) in [6.07, 6.45) is -0.613. The first kappa shape index (κ1) is 15.7. The van der Waals surface area contributed by atoms with Crippen molar-refractivity contribution in [1.29, 1.82) is 0 Å². The summed E-state index contributed by atoms with van der Waals surface area (Å²) >= 11 is 6.92. The van der Waals surface area contributed by atoms with E-state index in [1.165, 1.54) is 0 Å². The van der Waals surface area contributed by atoms with Crippen LogP contribution in [0.5, 0.6) is 0 Å². The zero-order valence-electron chi connectivity index (χ0n) is 11.2. The number of benzene rings is 2. The van der Waals surface area contributed by atoms with Crippen LogP contribution in [0.2, 0.25) is 0 Å². The normalized spacial score (nSPS) is 14.1. The minimum Gasteiger partial charge on any atom is -0.388 e. The van der Waals surface area contributed by atoms with Crippen molar-refractivity contribution in [2.45, 2.75) is 18.9 Å². The first-order chi connectivity index (χ1) is 9.52. The highest BCUT2D eigenvalue weighted by Gasteiger charge is 2.21. The second-order valence-corrected chi connectivity index (χ2v) is 6.62. The molecule has 3 N–H and O–H groups in total. The van der Waals surface area contributed by atoms with E-state index in [2.05, 4.69) is 31.9 Å². The van der Waals surface area contributed by atoms with Gasteiger partial charge in [-0.1, -0.05) is 56.1 Å². The largest absolute Gasteiger partial charge is 0.388 e.